The first-order valence-corrected chi connectivity index (χ1v) is 12.6. The average molecular weight is 587 g/mol. The highest BCUT2D eigenvalue weighted by molar-refractivity contribution is 6.00. The van der Waals surface area contributed by atoms with E-state index in [2.05, 4.69) is 26.3 Å². The van der Waals surface area contributed by atoms with Gasteiger partial charge in [-0.3, -0.25) is 44.4 Å². The van der Waals surface area contributed by atoms with Crippen LogP contribution >= 0.6 is 0 Å². The van der Waals surface area contributed by atoms with Gasteiger partial charge < -0.3 is 32.5 Å². The Labute approximate surface area is 241 Å². The lowest BCUT2D eigenvalue weighted by molar-refractivity contribution is -0.384. The van der Waals surface area contributed by atoms with E-state index in [9.17, 15) is 29.3 Å². The number of imide groups is 1. The molecule has 0 aliphatic rings. The molecular weight excluding hydrogens is 552 g/mol. The molecule has 2 aromatic rings. The lowest BCUT2D eigenvalue weighted by Gasteiger charge is -2.19. The number of nitrogens with one attached hydrogen (secondary N) is 4. The Kier molecular flexibility index (Phi) is 15.4. The van der Waals surface area contributed by atoms with Crippen LogP contribution in [0.1, 0.15) is 36.5 Å². The van der Waals surface area contributed by atoms with Crippen molar-refractivity contribution in [3.05, 3.63) is 70.3 Å². The third kappa shape index (κ3) is 15.2. The number of rotatable bonds is 14. The number of anilines is 1. The van der Waals surface area contributed by atoms with Crippen LogP contribution in [-0.4, -0.2) is 71.3 Å². The first-order valence-electron chi connectivity index (χ1n) is 12.6. The van der Waals surface area contributed by atoms with Crippen LogP contribution in [0.5, 0.6) is 0 Å². The van der Waals surface area contributed by atoms with Crippen LogP contribution in [0.3, 0.4) is 0 Å². The average Bonchev–Trinajstić information content (AvgIpc) is 2.93. The number of hydrogen-bond donors (Lipinski definition) is 7. The van der Waals surface area contributed by atoms with Crippen LogP contribution in [-0.2, 0) is 19.2 Å². The van der Waals surface area contributed by atoms with Gasteiger partial charge >= 0.3 is 0 Å². The Morgan fingerprint density at radius 3 is 2.17 bits per heavy atom. The summed E-state index contributed by atoms with van der Waals surface area (Å²) in [4.78, 5) is 72.1. The van der Waals surface area contributed by atoms with Gasteiger partial charge in [0.15, 0.2) is 5.96 Å². The molecule has 2 rings (SSSR count). The van der Waals surface area contributed by atoms with E-state index in [4.69, 9.17) is 21.4 Å². The fraction of sp³-hybridized carbons (Fsp3) is 0.308. The summed E-state index contributed by atoms with van der Waals surface area (Å²) in [6.07, 6.45) is 0.574. The zero-order chi connectivity index (χ0) is 31.5. The van der Waals surface area contributed by atoms with E-state index in [1.807, 2.05) is 0 Å². The number of carbonyl (C=O) groups excluding carboxylic acids is 4. The predicted octanol–water partition coefficient (Wildman–Crippen LogP) is 0.0989. The number of carbonyl (C=O) groups is 5. The highest BCUT2D eigenvalue weighted by Gasteiger charge is 2.21. The van der Waals surface area contributed by atoms with Crippen LogP contribution in [0, 0.1) is 10.1 Å². The fourth-order valence-electron chi connectivity index (χ4n) is 3.17. The molecule has 0 spiro atoms. The standard InChI is InChI=1S/C24H30N8O6.C2H4O2/c25-24(26)28-13-4-7-19(30-17-8-10-18(11-9-17)32(37)38)23(36)31-21(34)15-29-20(33)12-14-27-22(35)16-5-2-1-3-6-16;1-2(3)4/h1-3,5-6,8-11,19,30H,4,7,12-15H2,(H,27,35)(H,29,33)(H4,25,26,28)(H,31,34,36);1H3,(H,3,4). The Hall–Kier alpha value is -5.54. The molecule has 1 unspecified atom stereocenters. The zero-order valence-electron chi connectivity index (χ0n) is 22.9. The van der Waals surface area contributed by atoms with Gasteiger partial charge in [-0.05, 0) is 37.1 Å². The minimum Gasteiger partial charge on any atom is -0.481 e. The number of non-ortho nitro benzene ring substituents is 1. The third-order valence-electron chi connectivity index (χ3n) is 5.06. The molecule has 226 valence electrons. The fourth-order valence-corrected chi connectivity index (χ4v) is 3.17. The molecule has 0 saturated heterocycles. The number of nitro benzene ring substituents is 1. The van der Waals surface area contributed by atoms with Crippen LogP contribution < -0.4 is 32.7 Å². The second-order valence-electron chi connectivity index (χ2n) is 8.53. The number of aliphatic carboxylic acids is 1. The molecule has 0 aliphatic heterocycles. The first kappa shape index (κ1) is 34.5. The largest absolute Gasteiger partial charge is 0.481 e. The van der Waals surface area contributed by atoms with Crippen molar-refractivity contribution in [3.63, 3.8) is 0 Å². The molecule has 2 aromatic carbocycles. The predicted molar refractivity (Wildman–Crippen MR) is 153 cm³/mol. The van der Waals surface area contributed by atoms with Gasteiger partial charge in [0.2, 0.25) is 17.7 Å². The number of benzene rings is 2. The number of amides is 4. The molecule has 9 N–H and O–H groups in total. The summed E-state index contributed by atoms with van der Waals surface area (Å²) < 4.78 is 0. The van der Waals surface area contributed by atoms with Gasteiger partial charge in [0.05, 0.1) is 11.5 Å². The number of carboxylic acid groups (broad SMARTS) is 1. The second-order valence-corrected chi connectivity index (χ2v) is 8.53. The normalized spacial score (nSPS) is 10.5. The molecule has 42 heavy (non-hydrogen) atoms. The van der Waals surface area contributed by atoms with Crippen LogP contribution in [0.25, 0.3) is 0 Å². The summed E-state index contributed by atoms with van der Waals surface area (Å²) in [5.41, 5.74) is 11.4. The molecule has 0 fully saturated rings. The molecule has 1 atom stereocenters. The maximum Gasteiger partial charge on any atom is 0.300 e. The molecule has 0 aromatic heterocycles. The summed E-state index contributed by atoms with van der Waals surface area (Å²) in [7, 11) is 0. The Morgan fingerprint density at radius 1 is 0.976 bits per heavy atom. The van der Waals surface area contributed by atoms with E-state index in [0.29, 0.717) is 17.7 Å². The first-order chi connectivity index (χ1) is 19.9. The van der Waals surface area contributed by atoms with E-state index in [1.54, 1.807) is 30.3 Å². The number of nitro groups is 1. The van der Waals surface area contributed by atoms with E-state index in [0.717, 1.165) is 6.92 Å². The monoisotopic (exact) mass is 586 g/mol. The zero-order valence-corrected chi connectivity index (χ0v) is 22.9. The summed E-state index contributed by atoms with van der Waals surface area (Å²) >= 11 is 0. The Bertz CT molecular complexity index is 1240. The van der Waals surface area contributed by atoms with E-state index < -0.39 is 41.2 Å². The van der Waals surface area contributed by atoms with Crippen molar-refractivity contribution in [2.45, 2.75) is 32.2 Å². The van der Waals surface area contributed by atoms with Crippen LogP contribution in [0.15, 0.2) is 59.6 Å². The van der Waals surface area contributed by atoms with Crippen molar-refractivity contribution in [1.29, 1.82) is 0 Å². The SMILES string of the molecule is CC(=O)O.NC(N)=NCCCC(Nc1ccc([N+](=O)[O-])cc1)C(=O)NC(=O)CNC(=O)CCNC(=O)c1ccccc1. The van der Waals surface area contributed by atoms with E-state index in [1.165, 1.54) is 24.3 Å². The molecule has 0 saturated carbocycles. The number of aliphatic imine (C=N–C) groups is 1. The Balaban J connectivity index is 0.00000206. The molecule has 0 bridgehead atoms. The molecule has 16 nitrogen and oxygen atoms in total. The topological polar surface area (TPSA) is 261 Å². The lowest BCUT2D eigenvalue weighted by atomic mass is 10.1. The molecule has 0 aliphatic carbocycles. The van der Waals surface area contributed by atoms with Gasteiger partial charge in [0, 0.05) is 49.8 Å². The van der Waals surface area contributed by atoms with Crippen molar-refractivity contribution in [1.82, 2.24) is 16.0 Å². The van der Waals surface area contributed by atoms with Crippen molar-refractivity contribution in [3.8, 4) is 0 Å². The molecule has 4 amide bonds. The van der Waals surface area contributed by atoms with Crippen molar-refractivity contribution in [2.75, 3.05) is 25.0 Å². The number of hydrogen-bond acceptors (Lipinski definition) is 9. The van der Waals surface area contributed by atoms with Gasteiger partial charge in [0.25, 0.3) is 17.6 Å². The van der Waals surface area contributed by atoms with Crippen LogP contribution in [0.2, 0.25) is 0 Å². The number of nitrogens with zero attached hydrogens (tertiary/aromatic N) is 2. The molecule has 0 radical (unpaired) electrons. The van der Waals surface area contributed by atoms with E-state index >= 15 is 0 Å². The number of guanidine groups is 1. The minimum atomic E-state index is -0.890. The van der Waals surface area contributed by atoms with Gasteiger partial charge in [-0.25, -0.2) is 0 Å². The van der Waals surface area contributed by atoms with Crippen LogP contribution in [0.4, 0.5) is 11.4 Å². The summed E-state index contributed by atoms with van der Waals surface area (Å²) in [5, 5.41) is 28.4. The highest BCUT2D eigenvalue weighted by atomic mass is 16.6. The maximum atomic E-state index is 12.7. The molecule has 16 heteroatoms. The summed E-state index contributed by atoms with van der Waals surface area (Å²) in [6.45, 7) is 0.950. The minimum absolute atomic E-state index is 0.0606. The molecular formula is C26H34N8O8. The van der Waals surface area contributed by atoms with Gasteiger partial charge in [-0.1, -0.05) is 18.2 Å². The number of nitrogens with two attached hydrogens (primary N) is 2. The van der Waals surface area contributed by atoms with Crippen molar-refractivity contribution < 1.29 is 34.0 Å². The van der Waals surface area contributed by atoms with Gasteiger partial charge in [0.1, 0.15) is 6.04 Å². The van der Waals surface area contributed by atoms with Crippen molar-refractivity contribution >= 4 is 46.9 Å². The van der Waals surface area contributed by atoms with E-state index in [-0.39, 0.29) is 43.5 Å². The highest BCUT2D eigenvalue weighted by Crippen LogP contribution is 2.17. The van der Waals surface area contributed by atoms with Crippen molar-refractivity contribution in [2.24, 2.45) is 16.5 Å². The third-order valence-corrected chi connectivity index (χ3v) is 5.06. The smallest absolute Gasteiger partial charge is 0.300 e. The van der Waals surface area contributed by atoms with Gasteiger partial charge in [-0.2, -0.15) is 0 Å². The second kappa shape index (κ2) is 18.7. The molecule has 0 heterocycles. The Morgan fingerprint density at radius 2 is 1.60 bits per heavy atom. The quantitative estimate of drug-likeness (QED) is 0.0513. The summed E-state index contributed by atoms with van der Waals surface area (Å²) in [6, 6.07) is 13.0. The summed E-state index contributed by atoms with van der Waals surface area (Å²) in [5.74, 6) is -3.15. The maximum absolute atomic E-state index is 12.7. The van der Waals surface area contributed by atoms with Gasteiger partial charge in [-0.15, -0.1) is 0 Å². The lowest BCUT2D eigenvalue weighted by Crippen LogP contribution is -2.46. The number of carboxylic acids is 1.